The molecular formula is C18H15N5O3S. The highest BCUT2D eigenvalue weighted by Crippen LogP contribution is 2.46. The van der Waals surface area contributed by atoms with Gasteiger partial charge in [0, 0.05) is 30.2 Å². The van der Waals surface area contributed by atoms with Gasteiger partial charge in [0.05, 0.1) is 18.0 Å². The Morgan fingerprint density at radius 1 is 1.44 bits per heavy atom. The Balaban J connectivity index is 1.55. The van der Waals surface area contributed by atoms with Crippen LogP contribution in [0, 0.1) is 11.3 Å². The lowest BCUT2D eigenvalue weighted by atomic mass is 9.80. The number of carbonyl (C=O) groups excluding carboxylic acids is 3. The van der Waals surface area contributed by atoms with E-state index in [2.05, 4.69) is 21.7 Å². The molecule has 0 saturated carbocycles. The van der Waals surface area contributed by atoms with Crippen molar-refractivity contribution in [3.63, 3.8) is 0 Å². The van der Waals surface area contributed by atoms with Crippen molar-refractivity contribution in [3.05, 3.63) is 46.4 Å². The van der Waals surface area contributed by atoms with Gasteiger partial charge in [-0.3, -0.25) is 14.4 Å². The summed E-state index contributed by atoms with van der Waals surface area (Å²) < 4.78 is 0. The van der Waals surface area contributed by atoms with Crippen LogP contribution in [-0.2, 0) is 26.3 Å². The fourth-order valence-corrected chi connectivity index (χ4v) is 4.23. The van der Waals surface area contributed by atoms with E-state index in [0.717, 1.165) is 5.56 Å². The number of hydrogen-bond acceptors (Lipinski definition) is 6. The van der Waals surface area contributed by atoms with Crippen LogP contribution >= 0.6 is 11.3 Å². The fourth-order valence-electron chi connectivity index (χ4n) is 3.67. The average Bonchev–Trinajstić information content (AvgIpc) is 3.39. The fraction of sp³-hybridized carbons (Fsp3) is 0.278. The van der Waals surface area contributed by atoms with E-state index in [1.807, 2.05) is 18.2 Å². The topological polar surface area (TPSA) is 115 Å². The molecule has 0 bridgehead atoms. The Hall–Kier alpha value is -3.25. The number of carbonyl (C=O) groups is 3. The highest BCUT2D eigenvalue weighted by molar-refractivity contribution is 7.09. The van der Waals surface area contributed by atoms with Gasteiger partial charge in [-0.2, -0.15) is 5.26 Å². The van der Waals surface area contributed by atoms with Crippen molar-refractivity contribution in [2.45, 2.75) is 24.4 Å². The third kappa shape index (κ3) is 2.74. The Bertz CT molecular complexity index is 968. The van der Waals surface area contributed by atoms with E-state index in [1.165, 1.54) is 16.2 Å². The zero-order valence-corrected chi connectivity index (χ0v) is 15.0. The van der Waals surface area contributed by atoms with E-state index in [9.17, 15) is 19.6 Å². The van der Waals surface area contributed by atoms with Crippen LogP contribution in [-0.4, -0.2) is 40.2 Å². The molecule has 1 fully saturated rings. The second-order valence-corrected chi connectivity index (χ2v) is 7.45. The molecule has 1 saturated heterocycles. The second-order valence-electron chi connectivity index (χ2n) is 6.47. The third-order valence-corrected chi connectivity index (χ3v) is 5.75. The summed E-state index contributed by atoms with van der Waals surface area (Å²) in [6, 6.07) is 8.44. The minimum Gasteiger partial charge on any atom is -0.341 e. The highest BCUT2D eigenvalue weighted by atomic mass is 32.1. The molecule has 2 aromatic rings. The smallest absolute Gasteiger partial charge is 0.313 e. The van der Waals surface area contributed by atoms with Gasteiger partial charge >= 0.3 is 11.8 Å². The first-order valence-electron chi connectivity index (χ1n) is 8.33. The van der Waals surface area contributed by atoms with Crippen molar-refractivity contribution in [2.24, 2.45) is 0 Å². The van der Waals surface area contributed by atoms with Crippen LogP contribution in [0.15, 0.2) is 35.8 Å². The zero-order chi connectivity index (χ0) is 19.0. The Morgan fingerprint density at radius 2 is 2.26 bits per heavy atom. The summed E-state index contributed by atoms with van der Waals surface area (Å²) in [6.07, 6.45) is 1.78. The lowest BCUT2D eigenvalue weighted by molar-refractivity contribution is -0.146. The quantitative estimate of drug-likeness (QED) is 0.746. The Kier molecular flexibility index (Phi) is 4.12. The number of benzene rings is 1. The number of rotatable bonds is 2. The van der Waals surface area contributed by atoms with Gasteiger partial charge in [-0.25, -0.2) is 4.98 Å². The number of likely N-dealkylation sites (tertiary alicyclic amines) is 1. The van der Waals surface area contributed by atoms with Crippen LogP contribution in [0.5, 0.6) is 0 Å². The average molecular weight is 381 g/mol. The lowest BCUT2D eigenvalue weighted by Gasteiger charge is -2.22. The number of para-hydroxylation sites is 1. The first-order chi connectivity index (χ1) is 13.0. The molecule has 0 radical (unpaired) electrons. The predicted octanol–water partition coefficient (Wildman–Crippen LogP) is 0.774. The van der Waals surface area contributed by atoms with Crippen LogP contribution in [0.2, 0.25) is 0 Å². The van der Waals surface area contributed by atoms with Gasteiger partial charge in [-0.05, 0) is 11.6 Å². The minimum atomic E-state index is -0.998. The zero-order valence-electron chi connectivity index (χ0n) is 14.1. The van der Waals surface area contributed by atoms with Crippen molar-refractivity contribution in [1.29, 1.82) is 5.26 Å². The molecule has 1 aromatic heterocycles. The molecule has 3 amide bonds. The van der Waals surface area contributed by atoms with Crippen molar-refractivity contribution in [1.82, 2.24) is 15.2 Å². The van der Waals surface area contributed by atoms with Crippen molar-refractivity contribution in [2.75, 3.05) is 11.9 Å². The normalized spacial score (nSPS) is 23.0. The standard InChI is InChI=1S/C18H15N5O3S/c19-8-11-7-18(12-3-1-2-4-13(12)22-17(18)26)10-23(11)16(25)15(24)21-9-14-20-5-6-27-14/h1-6,11H,7,9-10H2,(H,21,24)(H,22,26)/t11-,18-/m0/s1. The van der Waals surface area contributed by atoms with Crippen LogP contribution < -0.4 is 10.6 Å². The molecule has 136 valence electrons. The number of anilines is 1. The molecule has 27 heavy (non-hydrogen) atoms. The lowest BCUT2D eigenvalue weighted by Crippen LogP contribution is -2.46. The predicted molar refractivity (Wildman–Crippen MR) is 96.4 cm³/mol. The summed E-state index contributed by atoms with van der Waals surface area (Å²) in [5, 5.41) is 17.3. The highest BCUT2D eigenvalue weighted by Gasteiger charge is 2.56. The molecule has 4 rings (SSSR count). The number of nitrogens with one attached hydrogen (secondary N) is 2. The molecule has 1 spiro atoms. The van der Waals surface area contributed by atoms with Gasteiger partial charge < -0.3 is 15.5 Å². The number of hydrogen-bond donors (Lipinski definition) is 2. The Labute approximate surface area is 158 Å². The molecule has 2 atom stereocenters. The summed E-state index contributed by atoms with van der Waals surface area (Å²) in [7, 11) is 0. The number of nitriles is 1. The summed E-state index contributed by atoms with van der Waals surface area (Å²) in [5.74, 6) is -1.87. The summed E-state index contributed by atoms with van der Waals surface area (Å²) in [5.41, 5.74) is 0.442. The molecule has 1 aromatic carbocycles. The summed E-state index contributed by atoms with van der Waals surface area (Å²) in [6.45, 7) is 0.138. The van der Waals surface area contributed by atoms with Gasteiger partial charge in [0.25, 0.3) is 0 Å². The maximum atomic E-state index is 12.7. The van der Waals surface area contributed by atoms with Gasteiger partial charge in [-0.1, -0.05) is 18.2 Å². The van der Waals surface area contributed by atoms with E-state index in [0.29, 0.717) is 10.7 Å². The molecule has 2 aliphatic rings. The van der Waals surface area contributed by atoms with Crippen LogP contribution in [0.25, 0.3) is 0 Å². The number of fused-ring (bicyclic) bond motifs is 2. The van der Waals surface area contributed by atoms with Gasteiger partial charge in [0.15, 0.2) is 0 Å². The number of nitrogens with zero attached hydrogens (tertiary/aromatic N) is 3. The van der Waals surface area contributed by atoms with Gasteiger partial charge in [0.1, 0.15) is 11.0 Å². The van der Waals surface area contributed by atoms with E-state index in [4.69, 9.17) is 0 Å². The minimum absolute atomic E-state index is 0.00240. The van der Waals surface area contributed by atoms with E-state index in [-0.39, 0.29) is 25.4 Å². The molecule has 0 aliphatic carbocycles. The summed E-state index contributed by atoms with van der Waals surface area (Å²) in [4.78, 5) is 42.8. The van der Waals surface area contributed by atoms with Crippen LogP contribution in [0.3, 0.4) is 0 Å². The Morgan fingerprint density at radius 3 is 3.00 bits per heavy atom. The molecular weight excluding hydrogens is 366 g/mol. The maximum Gasteiger partial charge on any atom is 0.313 e. The largest absolute Gasteiger partial charge is 0.341 e. The van der Waals surface area contributed by atoms with Crippen LogP contribution in [0.1, 0.15) is 17.0 Å². The monoisotopic (exact) mass is 381 g/mol. The van der Waals surface area contributed by atoms with Gasteiger partial charge in [0.2, 0.25) is 5.91 Å². The molecule has 0 unspecified atom stereocenters. The molecule has 2 aliphatic heterocycles. The second kappa shape index (κ2) is 6.48. The number of thiazole rings is 1. The summed E-state index contributed by atoms with van der Waals surface area (Å²) >= 11 is 1.37. The molecule has 9 heteroatoms. The van der Waals surface area contributed by atoms with Crippen molar-refractivity contribution < 1.29 is 14.4 Å². The SMILES string of the molecule is N#C[C@@H]1C[C@@]2(CN1C(=O)C(=O)NCc1nccs1)C(=O)Nc1ccccc12. The van der Waals surface area contributed by atoms with Gasteiger partial charge in [-0.15, -0.1) is 11.3 Å². The molecule has 2 N–H and O–H groups in total. The van der Waals surface area contributed by atoms with Crippen molar-refractivity contribution >= 4 is 34.7 Å². The third-order valence-electron chi connectivity index (χ3n) is 4.97. The van der Waals surface area contributed by atoms with E-state index in [1.54, 1.807) is 17.6 Å². The maximum absolute atomic E-state index is 12.7. The van der Waals surface area contributed by atoms with E-state index >= 15 is 0 Å². The number of amides is 3. The molecule has 8 nitrogen and oxygen atoms in total. The molecule has 3 heterocycles. The number of aromatic nitrogens is 1. The first kappa shape index (κ1) is 17.2. The van der Waals surface area contributed by atoms with E-state index < -0.39 is 23.3 Å². The van der Waals surface area contributed by atoms with Crippen molar-refractivity contribution in [3.8, 4) is 6.07 Å². The van der Waals surface area contributed by atoms with Crippen LogP contribution in [0.4, 0.5) is 5.69 Å². The first-order valence-corrected chi connectivity index (χ1v) is 9.21.